The summed E-state index contributed by atoms with van der Waals surface area (Å²) in [5, 5.41) is 4.14. The van der Waals surface area contributed by atoms with Crippen molar-refractivity contribution in [3.05, 3.63) is 65.5 Å². The van der Waals surface area contributed by atoms with E-state index in [1.165, 1.54) is 0 Å². The molecule has 2 heterocycles. The number of carbonyl (C=O) groups is 1. The number of carbonyl (C=O) groups excluding carboxylic acids is 1. The summed E-state index contributed by atoms with van der Waals surface area (Å²) < 4.78 is 11.2. The minimum Gasteiger partial charge on any atom is -0.493 e. The smallest absolute Gasteiger partial charge is 0.254 e. The lowest BCUT2D eigenvalue weighted by Gasteiger charge is -2.34. The summed E-state index contributed by atoms with van der Waals surface area (Å²) >= 11 is 0. The molecule has 7 nitrogen and oxygen atoms in total. The minimum absolute atomic E-state index is 0.0410. The zero-order valence-corrected chi connectivity index (χ0v) is 19.0. The zero-order valence-electron chi connectivity index (χ0n) is 19.0. The van der Waals surface area contributed by atoms with Crippen molar-refractivity contribution >= 4 is 5.91 Å². The molecule has 2 aromatic carbocycles. The standard InChI is InChI=1S/C25H30N4O3/c1-18(2)17-31-21-9-6-8-20(15-21)25(30)29-13-11-28(12-14-29)16-23-26-24(27-32-23)22-10-5-4-7-19(22)3/h4-10,15,18H,11-14,16-17H2,1-3H3. The van der Waals surface area contributed by atoms with Crippen LogP contribution in [0.3, 0.4) is 0 Å². The van der Waals surface area contributed by atoms with E-state index in [1.807, 2.05) is 60.4 Å². The van der Waals surface area contributed by atoms with E-state index >= 15 is 0 Å². The first-order valence-electron chi connectivity index (χ1n) is 11.1. The van der Waals surface area contributed by atoms with Crippen LogP contribution >= 0.6 is 0 Å². The second-order valence-electron chi connectivity index (χ2n) is 8.63. The Hall–Kier alpha value is -3.19. The minimum atomic E-state index is 0.0410. The zero-order chi connectivity index (χ0) is 22.5. The van der Waals surface area contributed by atoms with Crippen LogP contribution in [0.2, 0.25) is 0 Å². The second kappa shape index (κ2) is 9.96. The molecule has 4 rings (SSSR count). The first-order valence-corrected chi connectivity index (χ1v) is 11.1. The maximum atomic E-state index is 13.0. The van der Waals surface area contributed by atoms with Crippen LogP contribution in [-0.4, -0.2) is 58.6 Å². The van der Waals surface area contributed by atoms with Gasteiger partial charge in [-0.15, -0.1) is 0 Å². The predicted molar refractivity (Wildman–Crippen MR) is 122 cm³/mol. The molecule has 0 unspecified atom stereocenters. The van der Waals surface area contributed by atoms with Crippen LogP contribution in [0.25, 0.3) is 11.4 Å². The number of piperazine rings is 1. The van der Waals surface area contributed by atoms with E-state index < -0.39 is 0 Å². The molecule has 1 saturated heterocycles. The Kier molecular flexibility index (Phi) is 6.85. The Morgan fingerprint density at radius 2 is 1.88 bits per heavy atom. The third kappa shape index (κ3) is 5.34. The molecule has 0 N–H and O–H groups in total. The van der Waals surface area contributed by atoms with Crippen LogP contribution in [0, 0.1) is 12.8 Å². The summed E-state index contributed by atoms with van der Waals surface area (Å²) in [7, 11) is 0. The fraction of sp³-hybridized carbons (Fsp3) is 0.400. The number of ether oxygens (including phenoxy) is 1. The third-order valence-electron chi connectivity index (χ3n) is 5.54. The van der Waals surface area contributed by atoms with Gasteiger partial charge in [0.05, 0.1) is 13.2 Å². The average molecular weight is 435 g/mol. The fourth-order valence-corrected chi connectivity index (χ4v) is 3.72. The molecule has 0 radical (unpaired) electrons. The molecule has 1 aliphatic heterocycles. The molecular weight excluding hydrogens is 404 g/mol. The highest BCUT2D eigenvalue weighted by atomic mass is 16.5. The van der Waals surface area contributed by atoms with E-state index in [9.17, 15) is 4.79 Å². The topological polar surface area (TPSA) is 71.7 Å². The monoisotopic (exact) mass is 434 g/mol. The van der Waals surface area contributed by atoms with Crippen LogP contribution in [0.5, 0.6) is 5.75 Å². The van der Waals surface area contributed by atoms with E-state index in [0.29, 0.717) is 49.4 Å². The Morgan fingerprint density at radius 3 is 2.62 bits per heavy atom. The van der Waals surface area contributed by atoms with Gasteiger partial charge < -0.3 is 14.2 Å². The molecule has 0 bridgehead atoms. The van der Waals surface area contributed by atoms with E-state index in [0.717, 1.165) is 30.0 Å². The SMILES string of the molecule is Cc1ccccc1-c1noc(CN2CCN(C(=O)c3cccc(OCC(C)C)c3)CC2)n1. The summed E-state index contributed by atoms with van der Waals surface area (Å²) in [6.07, 6.45) is 0. The normalized spacial score (nSPS) is 14.7. The number of aromatic nitrogens is 2. The van der Waals surface area contributed by atoms with Gasteiger partial charge in [0.25, 0.3) is 5.91 Å². The first kappa shape index (κ1) is 22.0. The van der Waals surface area contributed by atoms with Crippen molar-refractivity contribution in [2.75, 3.05) is 32.8 Å². The van der Waals surface area contributed by atoms with E-state index in [2.05, 4.69) is 28.9 Å². The Balaban J connectivity index is 1.31. The van der Waals surface area contributed by atoms with Crippen LogP contribution in [0.4, 0.5) is 0 Å². The van der Waals surface area contributed by atoms with Crippen molar-refractivity contribution in [2.45, 2.75) is 27.3 Å². The summed E-state index contributed by atoms with van der Waals surface area (Å²) in [6, 6.07) is 15.5. The molecule has 1 aromatic heterocycles. The molecular formula is C25H30N4O3. The molecule has 168 valence electrons. The molecule has 7 heteroatoms. The molecule has 0 spiro atoms. The molecule has 3 aromatic rings. The predicted octanol–water partition coefficient (Wildman–Crippen LogP) is 4.04. The maximum absolute atomic E-state index is 13.0. The van der Waals surface area contributed by atoms with Crippen LogP contribution in [0.1, 0.15) is 35.7 Å². The van der Waals surface area contributed by atoms with Gasteiger partial charge in [-0.05, 0) is 36.6 Å². The largest absolute Gasteiger partial charge is 0.493 e. The highest BCUT2D eigenvalue weighted by molar-refractivity contribution is 5.94. The summed E-state index contributed by atoms with van der Waals surface area (Å²) in [5.74, 6) is 2.43. The molecule has 1 aliphatic rings. The highest BCUT2D eigenvalue weighted by Gasteiger charge is 2.24. The molecule has 1 amide bonds. The lowest BCUT2D eigenvalue weighted by Crippen LogP contribution is -2.48. The van der Waals surface area contributed by atoms with Crippen LogP contribution in [0.15, 0.2) is 53.1 Å². The molecule has 0 aliphatic carbocycles. The van der Waals surface area contributed by atoms with Gasteiger partial charge in [-0.2, -0.15) is 4.98 Å². The summed E-state index contributed by atoms with van der Waals surface area (Å²) in [5.41, 5.74) is 2.77. The number of hydrogen-bond donors (Lipinski definition) is 0. The van der Waals surface area contributed by atoms with Crippen molar-refractivity contribution < 1.29 is 14.1 Å². The Labute approximate surface area is 189 Å². The summed E-state index contributed by atoms with van der Waals surface area (Å²) in [4.78, 5) is 21.7. The first-order chi connectivity index (χ1) is 15.5. The van der Waals surface area contributed by atoms with E-state index in [1.54, 1.807) is 0 Å². The lowest BCUT2D eigenvalue weighted by molar-refractivity contribution is 0.0614. The van der Waals surface area contributed by atoms with E-state index in [4.69, 9.17) is 9.26 Å². The Morgan fingerprint density at radius 1 is 1.09 bits per heavy atom. The summed E-state index contributed by atoms with van der Waals surface area (Å²) in [6.45, 7) is 10.3. The van der Waals surface area contributed by atoms with Gasteiger partial charge in [0, 0.05) is 37.3 Å². The quantitative estimate of drug-likeness (QED) is 0.559. The van der Waals surface area contributed by atoms with Gasteiger partial charge in [0.15, 0.2) is 0 Å². The van der Waals surface area contributed by atoms with Crippen molar-refractivity contribution in [3.63, 3.8) is 0 Å². The van der Waals surface area contributed by atoms with Gasteiger partial charge in [0.1, 0.15) is 5.75 Å². The van der Waals surface area contributed by atoms with Crippen LogP contribution < -0.4 is 4.74 Å². The second-order valence-corrected chi connectivity index (χ2v) is 8.63. The molecule has 0 saturated carbocycles. The van der Waals surface area contributed by atoms with Gasteiger partial charge in [-0.25, -0.2) is 0 Å². The number of benzene rings is 2. The van der Waals surface area contributed by atoms with Crippen molar-refractivity contribution in [1.82, 2.24) is 19.9 Å². The maximum Gasteiger partial charge on any atom is 0.254 e. The van der Waals surface area contributed by atoms with Crippen LogP contribution in [-0.2, 0) is 6.54 Å². The average Bonchev–Trinajstić information content (AvgIpc) is 3.26. The van der Waals surface area contributed by atoms with Crippen molar-refractivity contribution in [1.29, 1.82) is 0 Å². The van der Waals surface area contributed by atoms with Gasteiger partial charge in [-0.1, -0.05) is 49.3 Å². The van der Waals surface area contributed by atoms with Crippen molar-refractivity contribution in [2.24, 2.45) is 5.92 Å². The number of hydrogen-bond acceptors (Lipinski definition) is 6. The number of aryl methyl sites for hydroxylation is 1. The molecule has 32 heavy (non-hydrogen) atoms. The van der Waals surface area contributed by atoms with E-state index in [-0.39, 0.29) is 5.91 Å². The number of rotatable bonds is 7. The fourth-order valence-electron chi connectivity index (χ4n) is 3.72. The van der Waals surface area contributed by atoms with Gasteiger partial charge in [-0.3, -0.25) is 9.69 Å². The molecule has 1 fully saturated rings. The van der Waals surface area contributed by atoms with Crippen molar-refractivity contribution in [3.8, 4) is 17.1 Å². The third-order valence-corrected chi connectivity index (χ3v) is 5.54. The highest BCUT2D eigenvalue weighted by Crippen LogP contribution is 2.21. The number of nitrogens with zero attached hydrogens (tertiary/aromatic N) is 4. The van der Waals surface area contributed by atoms with Gasteiger partial charge >= 0.3 is 0 Å². The number of amides is 1. The lowest BCUT2D eigenvalue weighted by atomic mass is 10.1. The Bertz CT molecular complexity index is 1050. The molecule has 0 atom stereocenters. The van der Waals surface area contributed by atoms with Gasteiger partial charge in [0.2, 0.25) is 11.7 Å².